The van der Waals surface area contributed by atoms with Crippen molar-refractivity contribution in [2.24, 2.45) is 7.05 Å². The van der Waals surface area contributed by atoms with Crippen LogP contribution in [0.3, 0.4) is 0 Å². The fraction of sp³-hybridized carbons (Fsp3) is 0.333. The second-order valence-corrected chi connectivity index (χ2v) is 7.22. The normalized spacial score (nSPS) is 16.9. The molecule has 6 nitrogen and oxygen atoms in total. The van der Waals surface area contributed by atoms with E-state index >= 15 is 0 Å². The molecular weight excluding hydrogens is 338 g/mol. The van der Waals surface area contributed by atoms with Gasteiger partial charge in [0.25, 0.3) is 0 Å². The molecule has 0 saturated carbocycles. The van der Waals surface area contributed by atoms with E-state index in [9.17, 15) is 0 Å². The van der Waals surface area contributed by atoms with E-state index in [0.717, 1.165) is 41.3 Å². The Morgan fingerprint density at radius 2 is 1.96 bits per heavy atom. The summed E-state index contributed by atoms with van der Waals surface area (Å²) >= 11 is 0. The lowest BCUT2D eigenvalue weighted by molar-refractivity contribution is 0.0563. The number of hydrogen-bond donors (Lipinski definition) is 1. The minimum Gasteiger partial charge on any atom is -0.371 e. The average molecular weight is 361 g/mol. The van der Waals surface area contributed by atoms with Crippen molar-refractivity contribution < 1.29 is 4.74 Å². The first kappa shape index (κ1) is 16.5. The molecule has 27 heavy (non-hydrogen) atoms. The minimum atomic E-state index is 0.232. The number of rotatable bonds is 4. The van der Waals surface area contributed by atoms with Gasteiger partial charge >= 0.3 is 0 Å². The molecule has 1 aliphatic rings. The molecular formula is C21H23N5O. The third-order valence-electron chi connectivity index (χ3n) is 5.44. The van der Waals surface area contributed by atoms with Crippen LogP contribution >= 0.6 is 0 Å². The smallest absolute Gasteiger partial charge is 0.136 e. The Kier molecular flexibility index (Phi) is 3.95. The van der Waals surface area contributed by atoms with Crippen molar-refractivity contribution in [3.63, 3.8) is 0 Å². The molecule has 6 heteroatoms. The van der Waals surface area contributed by atoms with E-state index < -0.39 is 0 Å². The summed E-state index contributed by atoms with van der Waals surface area (Å²) in [5.74, 6) is 2.06. The van der Waals surface area contributed by atoms with E-state index in [2.05, 4.69) is 58.8 Å². The Labute approximate surface area is 157 Å². The molecule has 2 aromatic heterocycles. The highest BCUT2D eigenvalue weighted by Gasteiger charge is 2.24. The summed E-state index contributed by atoms with van der Waals surface area (Å²) in [6.45, 7) is 4.93. The maximum Gasteiger partial charge on any atom is 0.136 e. The van der Waals surface area contributed by atoms with Gasteiger partial charge in [0.15, 0.2) is 0 Å². The standard InChI is InChI=1S/C21H23N5O/c1-14-6-5-9-18-21(14)24-20-13-27-12-15(26(18)20)10-22-11-19-23-16-7-3-4-8-17(16)25(19)2/h3-9,15,22H,10-13H2,1-2H3. The monoisotopic (exact) mass is 361 g/mol. The van der Waals surface area contributed by atoms with Crippen molar-refractivity contribution in [3.05, 3.63) is 59.7 Å². The van der Waals surface area contributed by atoms with Gasteiger partial charge in [0.05, 0.1) is 41.3 Å². The fourth-order valence-corrected chi connectivity index (χ4v) is 4.03. The van der Waals surface area contributed by atoms with Crippen LogP contribution in [0.2, 0.25) is 0 Å². The molecule has 0 fully saturated rings. The van der Waals surface area contributed by atoms with Crippen molar-refractivity contribution in [1.82, 2.24) is 24.4 Å². The molecule has 1 N–H and O–H groups in total. The molecule has 1 atom stereocenters. The molecule has 2 aromatic carbocycles. The van der Waals surface area contributed by atoms with Gasteiger partial charge in [-0.05, 0) is 30.7 Å². The number of imidazole rings is 2. The van der Waals surface area contributed by atoms with Gasteiger partial charge in [-0.1, -0.05) is 24.3 Å². The van der Waals surface area contributed by atoms with Gasteiger partial charge in [0.2, 0.25) is 0 Å². The third kappa shape index (κ3) is 2.72. The number of nitrogens with zero attached hydrogens (tertiary/aromatic N) is 4. The molecule has 0 radical (unpaired) electrons. The van der Waals surface area contributed by atoms with Gasteiger partial charge in [0, 0.05) is 13.6 Å². The second-order valence-electron chi connectivity index (χ2n) is 7.22. The van der Waals surface area contributed by atoms with Crippen LogP contribution in [0.25, 0.3) is 22.1 Å². The zero-order valence-electron chi connectivity index (χ0n) is 15.6. The van der Waals surface area contributed by atoms with Gasteiger partial charge in [0.1, 0.15) is 18.3 Å². The Bertz CT molecular complexity index is 1130. The Morgan fingerprint density at radius 3 is 2.85 bits per heavy atom. The van der Waals surface area contributed by atoms with Gasteiger partial charge in [-0.2, -0.15) is 0 Å². The lowest BCUT2D eigenvalue weighted by Gasteiger charge is -2.26. The third-order valence-corrected chi connectivity index (χ3v) is 5.44. The fourth-order valence-electron chi connectivity index (χ4n) is 4.03. The van der Waals surface area contributed by atoms with Crippen LogP contribution in [0.1, 0.15) is 23.3 Å². The molecule has 0 saturated heterocycles. The zero-order valence-corrected chi connectivity index (χ0v) is 15.6. The maximum absolute atomic E-state index is 5.81. The van der Waals surface area contributed by atoms with Crippen molar-refractivity contribution in [1.29, 1.82) is 0 Å². The van der Waals surface area contributed by atoms with Crippen LogP contribution in [0, 0.1) is 6.92 Å². The SMILES string of the molecule is Cc1cccc2c1nc1n2C(CNCc2nc3ccccc3n2C)COC1. The first-order valence-electron chi connectivity index (χ1n) is 9.37. The van der Waals surface area contributed by atoms with E-state index in [1.807, 2.05) is 12.1 Å². The number of fused-ring (bicyclic) bond motifs is 4. The summed E-state index contributed by atoms with van der Waals surface area (Å²) in [6.07, 6.45) is 0. The number of para-hydroxylation sites is 3. The van der Waals surface area contributed by atoms with E-state index in [-0.39, 0.29) is 6.04 Å². The van der Waals surface area contributed by atoms with Crippen LogP contribution < -0.4 is 5.32 Å². The number of aryl methyl sites for hydroxylation is 2. The van der Waals surface area contributed by atoms with Crippen LogP contribution in [-0.2, 0) is 24.9 Å². The predicted octanol–water partition coefficient (Wildman–Crippen LogP) is 3.09. The topological polar surface area (TPSA) is 56.9 Å². The van der Waals surface area contributed by atoms with E-state index in [4.69, 9.17) is 14.7 Å². The summed E-state index contributed by atoms with van der Waals surface area (Å²) < 4.78 is 10.3. The first-order valence-corrected chi connectivity index (χ1v) is 9.37. The highest BCUT2D eigenvalue weighted by atomic mass is 16.5. The highest BCUT2D eigenvalue weighted by Crippen LogP contribution is 2.27. The molecule has 0 bridgehead atoms. The van der Waals surface area contributed by atoms with Crippen molar-refractivity contribution >= 4 is 22.1 Å². The molecule has 5 rings (SSSR count). The number of ether oxygens (including phenoxy) is 1. The van der Waals surface area contributed by atoms with Crippen LogP contribution in [0.4, 0.5) is 0 Å². The average Bonchev–Trinajstić information content (AvgIpc) is 3.22. The summed E-state index contributed by atoms with van der Waals surface area (Å²) in [6, 6.07) is 14.8. The van der Waals surface area contributed by atoms with Crippen LogP contribution in [-0.4, -0.2) is 32.3 Å². The molecule has 1 aliphatic heterocycles. The van der Waals surface area contributed by atoms with Gasteiger partial charge < -0.3 is 19.2 Å². The molecule has 0 spiro atoms. The van der Waals surface area contributed by atoms with E-state index in [1.165, 1.54) is 11.1 Å². The predicted molar refractivity (Wildman–Crippen MR) is 106 cm³/mol. The lowest BCUT2D eigenvalue weighted by atomic mass is 10.2. The van der Waals surface area contributed by atoms with Crippen molar-refractivity contribution in [3.8, 4) is 0 Å². The lowest BCUT2D eigenvalue weighted by Crippen LogP contribution is -2.33. The summed E-state index contributed by atoms with van der Waals surface area (Å²) in [5.41, 5.74) is 5.69. The Morgan fingerprint density at radius 1 is 1.11 bits per heavy atom. The van der Waals surface area contributed by atoms with Crippen LogP contribution in [0.5, 0.6) is 0 Å². The number of benzene rings is 2. The van der Waals surface area contributed by atoms with E-state index in [1.54, 1.807) is 0 Å². The molecule has 4 aromatic rings. The Balaban J connectivity index is 1.37. The number of nitrogens with one attached hydrogen (secondary N) is 1. The summed E-state index contributed by atoms with van der Waals surface area (Å²) in [5, 5.41) is 3.57. The zero-order chi connectivity index (χ0) is 18.4. The molecule has 0 aliphatic carbocycles. The summed E-state index contributed by atoms with van der Waals surface area (Å²) in [4.78, 5) is 9.55. The molecule has 3 heterocycles. The Hall–Kier alpha value is -2.70. The van der Waals surface area contributed by atoms with Gasteiger partial charge in [-0.3, -0.25) is 0 Å². The quantitative estimate of drug-likeness (QED) is 0.607. The van der Waals surface area contributed by atoms with Crippen molar-refractivity contribution in [2.75, 3.05) is 13.2 Å². The molecule has 138 valence electrons. The number of hydrogen-bond acceptors (Lipinski definition) is 4. The largest absolute Gasteiger partial charge is 0.371 e. The van der Waals surface area contributed by atoms with E-state index in [0.29, 0.717) is 13.2 Å². The minimum absolute atomic E-state index is 0.232. The first-order chi connectivity index (χ1) is 13.2. The highest BCUT2D eigenvalue weighted by molar-refractivity contribution is 5.79. The molecule has 0 amide bonds. The number of aromatic nitrogens is 4. The van der Waals surface area contributed by atoms with Crippen LogP contribution in [0.15, 0.2) is 42.5 Å². The maximum atomic E-state index is 5.81. The summed E-state index contributed by atoms with van der Waals surface area (Å²) in [7, 11) is 2.07. The second kappa shape index (κ2) is 6.48. The van der Waals surface area contributed by atoms with Gasteiger partial charge in [-0.25, -0.2) is 9.97 Å². The van der Waals surface area contributed by atoms with Gasteiger partial charge in [-0.15, -0.1) is 0 Å². The molecule has 1 unspecified atom stereocenters. The van der Waals surface area contributed by atoms with Crippen molar-refractivity contribution in [2.45, 2.75) is 26.1 Å².